The van der Waals surface area contributed by atoms with Crippen molar-refractivity contribution in [3.63, 3.8) is 0 Å². The van der Waals surface area contributed by atoms with Crippen LogP contribution in [0.2, 0.25) is 0 Å². The summed E-state index contributed by atoms with van der Waals surface area (Å²) >= 11 is -3.25. The maximum Gasteiger partial charge on any atom is 0.312 e. The van der Waals surface area contributed by atoms with Gasteiger partial charge in [-0.3, -0.25) is 18.6 Å². The van der Waals surface area contributed by atoms with E-state index in [9.17, 15) is 27.9 Å². The Balaban J connectivity index is 5.78. The number of rotatable bonds is 8. The Kier molecular flexibility index (Phi) is 5.59. The maximum atomic E-state index is 11.0. The van der Waals surface area contributed by atoms with E-state index in [4.69, 9.17) is 15.3 Å². The molecule has 3 N–H and O–H groups in total. The molecule has 0 spiro atoms. The molecule has 0 aromatic rings. The van der Waals surface area contributed by atoms with E-state index in [0.29, 0.717) is 0 Å². The van der Waals surface area contributed by atoms with Crippen molar-refractivity contribution in [1.82, 2.24) is 0 Å². The Bertz CT molecular complexity index is 385. The van der Waals surface area contributed by atoms with Gasteiger partial charge < -0.3 is 24.7 Å². The number of carbonyl (C=O) groups is 4. The van der Waals surface area contributed by atoms with Gasteiger partial charge in [0.25, 0.3) is 0 Å². The van der Waals surface area contributed by atoms with Gasteiger partial charge in [0.05, 0.1) is 18.1 Å². The molecule has 0 aliphatic heterocycles. The molecule has 0 aliphatic rings. The lowest BCUT2D eigenvalue weighted by Crippen LogP contribution is -2.48. The summed E-state index contributed by atoms with van der Waals surface area (Å²) < 4.78 is 21.5. The Morgan fingerprint density at radius 3 is 1.72 bits per heavy atom. The smallest absolute Gasteiger partial charge is 0.312 e. The van der Waals surface area contributed by atoms with Crippen LogP contribution >= 0.6 is 0 Å². The number of hydrogen-bond donors (Lipinski definition) is 3. The van der Waals surface area contributed by atoms with Crippen molar-refractivity contribution in [2.75, 3.05) is 0 Å². The van der Waals surface area contributed by atoms with Crippen LogP contribution in [0.1, 0.15) is 12.8 Å². The largest absolute Gasteiger partial charge is 0.772 e. The molecule has 18 heavy (non-hydrogen) atoms. The van der Waals surface area contributed by atoms with Crippen molar-refractivity contribution < 1.29 is 43.3 Å². The molecule has 0 bridgehead atoms. The second-order valence-electron chi connectivity index (χ2n) is 3.42. The molecule has 0 aromatic heterocycles. The van der Waals surface area contributed by atoms with Gasteiger partial charge >= 0.3 is 17.9 Å². The van der Waals surface area contributed by atoms with Crippen molar-refractivity contribution in [2.45, 2.75) is 18.1 Å². The molecule has 0 amide bonds. The minimum Gasteiger partial charge on any atom is -0.772 e. The summed E-state index contributed by atoms with van der Waals surface area (Å²) in [5, 5.41) is 23.8. The second kappa shape index (κ2) is 6.21. The number of aldehydes is 1. The van der Waals surface area contributed by atoms with Crippen LogP contribution in [0.15, 0.2) is 0 Å². The average Bonchev–Trinajstić information content (AvgIpc) is 2.14. The van der Waals surface area contributed by atoms with E-state index in [1.807, 2.05) is 0 Å². The van der Waals surface area contributed by atoms with Crippen molar-refractivity contribution in [2.24, 2.45) is 5.41 Å². The Hall–Kier alpha value is -1.81. The summed E-state index contributed by atoms with van der Waals surface area (Å²) in [4.78, 5) is 42.8. The highest BCUT2D eigenvalue weighted by atomic mass is 32.2. The standard InChI is InChI=1S/C8H10O9S/c9-3-4(18(16)17)8(7(14)15,1-5(10)11)2-6(12)13/h3-4H,1-2H2,(H,10,11)(H,12,13)(H,14,15)(H,16,17)/p-1. The van der Waals surface area contributed by atoms with Gasteiger partial charge in [0.2, 0.25) is 0 Å². The zero-order chi connectivity index (χ0) is 14.5. The SMILES string of the molecule is O=CC(S(=O)[O-])C(CC(=O)O)(CC(=O)O)C(=O)O. The summed E-state index contributed by atoms with van der Waals surface area (Å²) in [5.41, 5.74) is -2.73. The molecular formula is C8H9O9S-. The number of aliphatic carboxylic acids is 3. The molecular weight excluding hydrogens is 272 g/mol. The van der Waals surface area contributed by atoms with Crippen LogP contribution in [0.4, 0.5) is 0 Å². The summed E-state index contributed by atoms with van der Waals surface area (Å²) in [6, 6.07) is 0. The second-order valence-corrected chi connectivity index (χ2v) is 4.45. The van der Waals surface area contributed by atoms with Crippen LogP contribution in [-0.2, 0) is 30.3 Å². The topological polar surface area (TPSA) is 169 Å². The van der Waals surface area contributed by atoms with E-state index in [1.54, 1.807) is 0 Å². The molecule has 0 heterocycles. The highest BCUT2D eigenvalue weighted by molar-refractivity contribution is 7.80. The van der Waals surface area contributed by atoms with Gasteiger partial charge in [0.15, 0.2) is 0 Å². The van der Waals surface area contributed by atoms with Crippen LogP contribution in [0.3, 0.4) is 0 Å². The zero-order valence-electron chi connectivity index (χ0n) is 8.77. The molecule has 0 fully saturated rings. The quantitative estimate of drug-likeness (QED) is 0.352. The lowest BCUT2D eigenvalue weighted by Gasteiger charge is -2.32. The highest BCUT2D eigenvalue weighted by Gasteiger charge is 2.50. The zero-order valence-corrected chi connectivity index (χ0v) is 9.58. The third kappa shape index (κ3) is 3.60. The monoisotopic (exact) mass is 281 g/mol. The highest BCUT2D eigenvalue weighted by Crippen LogP contribution is 2.33. The van der Waals surface area contributed by atoms with E-state index in [-0.39, 0.29) is 6.29 Å². The van der Waals surface area contributed by atoms with Crippen LogP contribution < -0.4 is 0 Å². The van der Waals surface area contributed by atoms with Crippen molar-refractivity contribution in [3.8, 4) is 0 Å². The summed E-state index contributed by atoms with van der Waals surface area (Å²) in [7, 11) is 0. The first-order valence-corrected chi connectivity index (χ1v) is 5.51. The molecule has 0 aliphatic carbocycles. The fraction of sp³-hybridized carbons (Fsp3) is 0.500. The van der Waals surface area contributed by atoms with Gasteiger partial charge in [-0.25, -0.2) is 0 Å². The summed E-state index contributed by atoms with van der Waals surface area (Å²) in [6.45, 7) is 0. The van der Waals surface area contributed by atoms with E-state index < -0.39 is 52.5 Å². The van der Waals surface area contributed by atoms with E-state index >= 15 is 0 Å². The Morgan fingerprint density at radius 2 is 1.56 bits per heavy atom. The first-order chi connectivity index (χ1) is 8.17. The molecule has 10 heteroatoms. The lowest BCUT2D eigenvalue weighted by atomic mass is 9.78. The minimum absolute atomic E-state index is 0.289. The van der Waals surface area contributed by atoms with Crippen molar-refractivity contribution in [1.29, 1.82) is 0 Å². The summed E-state index contributed by atoms with van der Waals surface area (Å²) in [6.07, 6.45) is -2.89. The molecule has 2 unspecified atom stereocenters. The number of carboxylic acid groups (broad SMARTS) is 3. The van der Waals surface area contributed by atoms with E-state index in [0.717, 1.165) is 0 Å². The van der Waals surface area contributed by atoms with Crippen molar-refractivity contribution in [3.05, 3.63) is 0 Å². The van der Waals surface area contributed by atoms with Gasteiger partial charge in [0.1, 0.15) is 11.7 Å². The van der Waals surface area contributed by atoms with Gasteiger partial charge in [0, 0.05) is 0 Å². The molecule has 0 radical (unpaired) electrons. The normalized spacial score (nSPS) is 14.5. The molecule has 0 aromatic carbocycles. The lowest BCUT2D eigenvalue weighted by molar-refractivity contribution is -0.161. The molecule has 9 nitrogen and oxygen atoms in total. The van der Waals surface area contributed by atoms with Crippen LogP contribution in [0, 0.1) is 5.41 Å². The van der Waals surface area contributed by atoms with Gasteiger partial charge in [-0.05, 0) is 11.1 Å². The van der Waals surface area contributed by atoms with E-state index in [2.05, 4.69) is 0 Å². The van der Waals surface area contributed by atoms with Crippen LogP contribution in [0.5, 0.6) is 0 Å². The Labute approximate surface area is 103 Å². The molecule has 0 rings (SSSR count). The molecule has 2 atom stereocenters. The first kappa shape index (κ1) is 16.2. The number of carboxylic acids is 3. The average molecular weight is 281 g/mol. The molecule has 0 saturated heterocycles. The maximum absolute atomic E-state index is 11.0. The molecule has 102 valence electrons. The third-order valence-corrected chi connectivity index (χ3v) is 3.21. The predicted octanol–water partition coefficient (Wildman–Crippen LogP) is -1.55. The van der Waals surface area contributed by atoms with Crippen molar-refractivity contribution >= 4 is 35.3 Å². The first-order valence-electron chi connectivity index (χ1n) is 4.37. The Morgan fingerprint density at radius 1 is 1.17 bits per heavy atom. The number of carbonyl (C=O) groups excluding carboxylic acids is 1. The van der Waals surface area contributed by atoms with Gasteiger partial charge in [-0.1, -0.05) is 0 Å². The van der Waals surface area contributed by atoms with Crippen LogP contribution in [0.25, 0.3) is 0 Å². The van der Waals surface area contributed by atoms with Gasteiger partial charge in [-0.2, -0.15) is 0 Å². The predicted molar refractivity (Wildman–Crippen MR) is 53.3 cm³/mol. The van der Waals surface area contributed by atoms with E-state index in [1.165, 1.54) is 0 Å². The summed E-state index contributed by atoms with van der Waals surface area (Å²) in [5.74, 6) is -5.43. The third-order valence-electron chi connectivity index (χ3n) is 2.23. The minimum atomic E-state index is -3.25. The number of hydrogen-bond acceptors (Lipinski definition) is 6. The van der Waals surface area contributed by atoms with Crippen LogP contribution in [-0.4, -0.2) is 53.5 Å². The fourth-order valence-electron chi connectivity index (χ4n) is 1.44. The fourth-order valence-corrected chi connectivity index (χ4v) is 2.16. The van der Waals surface area contributed by atoms with Gasteiger partial charge in [-0.15, -0.1) is 0 Å². The molecule has 0 saturated carbocycles.